The number of hydrogen-bond acceptors (Lipinski definition) is 6. The number of aliphatic hydroxyl groups is 1. The molecule has 2 aromatic carbocycles. The molecule has 0 aliphatic carbocycles. The molecule has 4 rings (SSSR count). The van der Waals surface area contributed by atoms with Crippen molar-refractivity contribution in [3.8, 4) is 5.75 Å². The van der Waals surface area contributed by atoms with E-state index in [1.165, 1.54) is 4.57 Å². The summed E-state index contributed by atoms with van der Waals surface area (Å²) in [6.45, 7) is 2.60. The van der Waals surface area contributed by atoms with Crippen molar-refractivity contribution in [1.82, 2.24) is 19.1 Å². The summed E-state index contributed by atoms with van der Waals surface area (Å²) < 4.78 is 8.65. The Labute approximate surface area is 190 Å². The summed E-state index contributed by atoms with van der Waals surface area (Å²) in [6, 6.07) is 17.5. The van der Waals surface area contributed by atoms with Crippen molar-refractivity contribution in [1.29, 1.82) is 0 Å². The van der Waals surface area contributed by atoms with E-state index in [9.17, 15) is 14.7 Å². The molecule has 1 unspecified atom stereocenters. The molecule has 33 heavy (non-hydrogen) atoms. The van der Waals surface area contributed by atoms with Gasteiger partial charge in [-0.1, -0.05) is 48.5 Å². The number of nitrogens with one attached hydrogen (secondary N) is 2. The molecule has 4 aromatic rings. The van der Waals surface area contributed by atoms with Crippen molar-refractivity contribution in [2.24, 2.45) is 7.05 Å². The zero-order valence-electron chi connectivity index (χ0n) is 18.6. The molecule has 0 bridgehead atoms. The molecule has 0 saturated carbocycles. The highest BCUT2D eigenvalue weighted by Crippen LogP contribution is 2.19. The van der Waals surface area contributed by atoms with Crippen LogP contribution in [0.5, 0.6) is 5.75 Å². The first-order valence-corrected chi connectivity index (χ1v) is 10.8. The number of fused-ring (bicyclic) bond motifs is 1. The summed E-state index contributed by atoms with van der Waals surface area (Å²) in [5, 5.41) is 13.9. The number of hydrogen-bond donors (Lipinski definition) is 3. The van der Waals surface area contributed by atoms with Gasteiger partial charge in [0.25, 0.3) is 5.56 Å². The largest absolute Gasteiger partial charge is 0.491 e. The van der Waals surface area contributed by atoms with E-state index in [4.69, 9.17) is 4.74 Å². The number of H-pyrrole nitrogens is 1. The summed E-state index contributed by atoms with van der Waals surface area (Å²) in [7, 11) is 1.55. The molecular weight excluding hydrogens is 422 g/mol. The molecule has 9 nitrogen and oxygen atoms in total. The average molecular weight is 450 g/mol. The van der Waals surface area contributed by atoms with Crippen molar-refractivity contribution in [3.05, 3.63) is 86.6 Å². The van der Waals surface area contributed by atoms with Crippen LogP contribution in [0.4, 0.5) is 5.95 Å². The van der Waals surface area contributed by atoms with Crippen molar-refractivity contribution in [2.75, 3.05) is 18.5 Å². The van der Waals surface area contributed by atoms with Crippen molar-refractivity contribution < 1.29 is 9.84 Å². The first-order chi connectivity index (χ1) is 15.9. The lowest BCUT2D eigenvalue weighted by Gasteiger charge is -2.16. The maximum Gasteiger partial charge on any atom is 0.329 e. The van der Waals surface area contributed by atoms with Gasteiger partial charge in [0.1, 0.15) is 18.5 Å². The molecule has 0 amide bonds. The number of imidazole rings is 1. The van der Waals surface area contributed by atoms with Gasteiger partial charge in [-0.05, 0) is 30.5 Å². The molecule has 0 spiro atoms. The van der Waals surface area contributed by atoms with Gasteiger partial charge >= 0.3 is 5.69 Å². The number of aromatic amines is 1. The Kier molecular flexibility index (Phi) is 6.60. The summed E-state index contributed by atoms with van der Waals surface area (Å²) in [4.78, 5) is 31.5. The van der Waals surface area contributed by atoms with Crippen molar-refractivity contribution in [3.63, 3.8) is 0 Å². The van der Waals surface area contributed by atoms with Crippen LogP contribution < -0.4 is 21.3 Å². The highest BCUT2D eigenvalue weighted by Gasteiger charge is 2.20. The Hall–Kier alpha value is -3.85. The van der Waals surface area contributed by atoms with Gasteiger partial charge in [0.05, 0.1) is 6.54 Å². The third-order valence-electron chi connectivity index (χ3n) is 5.46. The molecule has 1 atom stereocenters. The Morgan fingerprint density at radius 3 is 2.61 bits per heavy atom. The minimum absolute atomic E-state index is 0.0393. The summed E-state index contributed by atoms with van der Waals surface area (Å²) >= 11 is 0. The number of ether oxygens (including phenoxy) is 1. The van der Waals surface area contributed by atoms with Gasteiger partial charge in [-0.3, -0.25) is 14.3 Å². The number of para-hydroxylation sites is 1. The summed E-state index contributed by atoms with van der Waals surface area (Å²) in [6.07, 6.45) is -0.161. The van der Waals surface area contributed by atoms with Crippen LogP contribution in [0.15, 0.2) is 64.2 Å². The van der Waals surface area contributed by atoms with E-state index in [0.717, 1.165) is 17.5 Å². The van der Waals surface area contributed by atoms with E-state index in [1.54, 1.807) is 11.6 Å². The molecule has 2 heterocycles. The zero-order valence-corrected chi connectivity index (χ0v) is 18.6. The maximum absolute atomic E-state index is 12.6. The molecule has 0 radical (unpaired) electrons. The predicted molar refractivity (Wildman–Crippen MR) is 127 cm³/mol. The molecule has 2 aromatic heterocycles. The van der Waals surface area contributed by atoms with Gasteiger partial charge in [-0.25, -0.2) is 4.79 Å². The number of aliphatic hydroxyl groups excluding tert-OH is 1. The molecule has 0 aliphatic heterocycles. The monoisotopic (exact) mass is 449 g/mol. The first-order valence-electron chi connectivity index (χ1n) is 10.8. The average Bonchev–Trinajstić information content (AvgIpc) is 3.16. The Balaban J connectivity index is 1.58. The number of aromatic nitrogens is 4. The lowest BCUT2D eigenvalue weighted by molar-refractivity contribution is 0.0935. The molecular formula is C24H27N5O4. The van der Waals surface area contributed by atoms with Gasteiger partial charge in [0.15, 0.2) is 11.2 Å². The normalized spacial score (nSPS) is 12.1. The minimum Gasteiger partial charge on any atom is -0.491 e. The van der Waals surface area contributed by atoms with E-state index in [0.29, 0.717) is 18.2 Å². The van der Waals surface area contributed by atoms with Crippen molar-refractivity contribution >= 4 is 17.1 Å². The van der Waals surface area contributed by atoms with Crippen LogP contribution in [0.1, 0.15) is 11.1 Å². The summed E-state index contributed by atoms with van der Waals surface area (Å²) in [5.41, 5.74) is 1.49. The van der Waals surface area contributed by atoms with E-state index in [-0.39, 0.29) is 24.3 Å². The Bertz CT molecular complexity index is 1360. The first kappa shape index (κ1) is 22.3. The molecule has 0 saturated heterocycles. The second kappa shape index (κ2) is 9.74. The third kappa shape index (κ3) is 4.98. The fourth-order valence-electron chi connectivity index (χ4n) is 3.68. The van der Waals surface area contributed by atoms with E-state index < -0.39 is 17.4 Å². The van der Waals surface area contributed by atoms with Crippen LogP contribution in [0.2, 0.25) is 0 Å². The number of aryl methyl sites for hydroxylation is 2. The lowest BCUT2D eigenvalue weighted by atomic mass is 10.1. The Morgan fingerprint density at radius 2 is 1.85 bits per heavy atom. The van der Waals surface area contributed by atoms with Gasteiger partial charge in [-0.15, -0.1) is 0 Å². The smallest absolute Gasteiger partial charge is 0.329 e. The maximum atomic E-state index is 12.6. The van der Waals surface area contributed by atoms with Crippen LogP contribution in [0.3, 0.4) is 0 Å². The molecule has 0 aliphatic rings. The molecule has 172 valence electrons. The molecule has 9 heteroatoms. The van der Waals surface area contributed by atoms with E-state index in [1.807, 2.05) is 61.5 Å². The lowest BCUT2D eigenvalue weighted by Crippen LogP contribution is -2.31. The molecule has 0 fully saturated rings. The fraction of sp³-hybridized carbons (Fsp3) is 0.292. The number of rotatable bonds is 9. The number of benzene rings is 2. The SMILES string of the molecule is Cc1ccccc1OCC(O)Cn1c(NCCc2ccccc2)nc2c1c(=O)[nH]c(=O)n2C. The topological polar surface area (TPSA) is 114 Å². The zero-order chi connectivity index (χ0) is 23.4. The van der Waals surface area contributed by atoms with Crippen LogP contribution in [-0.4, -0.2) is 43.5 Å². The number of anilines is 1. The van der Waals surface area contributed by atoms with Crippen molar-refractivity contribution in [2.45, 2.75) is 26.0 Å². The van der Waals surface area contributed by atoms with E-state index in [2.05, 4.69) is 15.3 Å². The van der Waals surface area contributed by atoms with Crippen LogP contribution in [-0.2, 0) is 20.0 Å². The van der Waals surface area contributed by atoms with Gasteiger partial charge < -0.3 is 19.7 Å². The van der Waals surface area contributed by atoms with Crippen LogP contribution in [0, 0.1) is 6.92 Å². The van der Waals surface area contributed by atoms with E-state index >= 15 is 0 Å². The minimum atomic E-state index is -0.909. The standard InChI is InChI=1S/C24H27N5O4/c1-16-8-6-7-11-19(16)33-15-18(30)14-29-20-21(28(2)24(32)27-22(20)31)26-23(29)25-13-12-17-9-4-3-5-10-17/h3-11,18,30H,12-15H2,1-2H3,(H,25,26)(H,27,31,32). The predicted octanol–water partition coefficient (Wildman–Crippen LogP) is 1.83. The second-order valence-electron chi connectivity index (χ2n) is 7.93. The van der Waals surface area contributed by atoms with Crippen LogP contribution in [0.25, 0.3) is 11.2 Å². The quantitative estimate of drug-likeness (QED) is 0.359. The number of nitrogens with zero attached hydrogens (tertiary/aromatic N) is 3. The Morgan fingerprint density at radius 1 is 1.12 bits per heavy atom. The van der Waals surface area contributed by atoms with Crippen LogP contribution >= 0.6 is 0 Å². The highest BCUT2D eigenvalue weighted by molar-refractivity contribution is 5.74. The second-order valence-corrected chi connectivity index (χ2v) is 7.93. The van der Waals surface area contributed by atoms with Gasteiger partial charge in [0.2, 0.25) is 5.95 Å². The third-order valence-corrected chi connectivity index (χ3v) is 5.46. The fourth-order valence-corrected chi connectivity index (χ4v) is 3.68. The molecule has 3 N–H and O–H groups in total. The van der Waals surface area contributed by atoms with Gasteiger partial charge in [0, 0.05) is 13.6 Å². The highest BCUT2D eigenvalue weighted by atomic mass is 16.5. The van der Waals surface area contributed by atoms with Gasteiger partial charge in [-0.2, -0.15) is 4.98 Å². The summed E-state index contributed by atoms with van der Waals surface area (Å²) in [5.74, 6) is 1.09.